The van der Waals surface area contributed by atoms with Gasteiger partial charge in [-0.05, 0) is 0 Å². The van der Waals surface area contributed by atoms with E-state index in [0.717, 1.165) is 24.3 Å². The zero-order valence-corrected chi connectivity index (χ0v) is 28.2. The molecule has 0 aliphatic carbocycles. The van der Waals surface area contributed by atoms with Gasteiger partial charge in [-0.3, -0.25) is 0 Å². The monoisotopic (exact) mass is 702 g/mol. The van der Waals surface area contributed by atoms with E-state index in [1.54, 1.807) is 13.8 Å². The van der Waals surface area contributed by atoms with Gasteiger partial charge in [0.25, 0.3) is 0 Å². The molecular weight excluding hydrogens is 657 g/mol. The molecule has 0 amide bonds. The summed E-state index contributed by atoms with van der Waals surface area (Å²) in [5, 5.41) is 22.8. The van der Waals surface area contributed by atoms with E-state index >= 15 is 0 Å². The van der Waals surface area contributed by atoms with Gasteiger partial charge < -0.3 is 0 Å². The first-order valence-electron chi connectivity index (χ1n) is 14.0. The van der Waals surface area contributed by atoms with Gasteiger partial charge in [0, 0.05) is 0 Å². The fourth-order valence-electron chi connectivity index (χ4n) is 4.23. The molecule has 0 aromatic heterocycles. The van der Waals surface area contributed by atoms with Crippen LogP contribution in [0.2, 0.25) is 8.87 Å². The molecule has 0 aromatic rings. The van der Waals surface area contributed by atoms with Gasteiger partial charge in [0.2, 0.25) is 0 Å². The van der Waals surface area contributed by atoms with E-state index < -0.39 is 41.3 Å². The van der Waals surface area contributed by atoms with Crippen LogP contribution in [0.4, 0.5) is 0 Å². The van der Waals surface area contributed by atoms with Crippen LogP contribution in [0, 0.1) is 20.2 Å². The standard InChI is InChI=1S/2C7H14BNO5S.2C4H9.Sn/c2*1-2-7(9(10)11)5-13-8(14-6-7)12-3-4-15;2*1-3-4-2;/h2*15H,2-6H2,1H3;2*1,3-4H2,2H3;/q;;;;+2/p-2. The molecule has 2 heterocycles. The van der Waals surface area contributed by atoms with E-state index in [0.29, 0.717) is 26.1 Å². The Morgan fingerprint density at radius 2 is 1.10 bits per heavy atom. The van der Waals surface area contributed by atoms with Crippen LogP contribution in [0.1, 0.15) is 66.2 Å². The van der Waals surface area contributed by atoms with Crippen LogP contribution in [0.3, 0.4) is 0 Å². The van der Waals surface area contributed by atoms with Crippen LogP contribution in [-0.4, -0.2) is 102 Å². The molecular formula is C22H44B2N2O10S2Sn. The Hall–Kier alpha value is 0.189. The van der Waals surface area contributed by atoms with Crippen LogP contribution in [0.5, 0.6) is 0 Å². The maximum absolute atomic E-state index is 11.4. The molecule has 2 aliphatic rings. The molecule has 224 valence electrons. The van der Waals surface area contributed by atoms with Crippen molar-refractivity contribution in [3.63, 3.8) is 0 Å². The zero-order valence-electron chi connectivity index (χ0n) is 23.8. The second kappa shape index (κ2) is 18.0. The van der Waals surface area contributed by atoms with Crippen molar-refractivity contribution in [2.24, 2.45) is 0 Å². The molecule has 0 N–H and O–H groups in total. The topological polar surface area (TPSA) is 142 Å². The van der Waals surface area contributed by atoms with Gasteiger partial charge >= 0.3 is 243 Å². The van der Waals surface area contributed by atoms with Crippen molar-refractivity contribution in [3.05, 3.63) is 20.2 Å². The van der Waals surface area contributed by atoms with Crippen molar-refractivity contribution in [3.8, 4) is 0 Å². The molecule has 0 atom stereocenters. The third-order valence-corrected chi connectivity index (χ3v) is 38.2. The van der Waals surface area contributed by atoms with Gasteiger partial charge in [0.1, 0.15) is 0 Å². The Balaban J connectivity index is 1.81. The van der Waals surface area contributed by atoms with Crippen molar-refractivity contribution in [1.29, 1.82) is 0 Å². The third kappa shape index (κ3) is 10.8. The number of nitro groups is 2. The predicted molar refractivity (Wildman–Crippen MR) is 157 cm³/mol. The molecule has 17 heteroatoms. The summed E-state index contributed by atoms with van der Waals surface area (Å²) >= 11 is -2.67. The Kier molecular flexibility index (Phi) is 16.3. The summed E-state index contributed by atoms with van der Waals surface area (Å²) in [6.07, 6.45) is 5.38. The molecule has 0 saturated carbocycles. The van der Waals surface area contributed by atoms with Crippen LogP contribution >= 0.6 is 17.9 Å². The summed E-state index contributed by atoms with van der Waals surface area (Å²) in [6, 6.07) is 0. The fourth-order valence-corrected chi connectivity index (χ4v) is 34.2. The molecule has 2 fully saturated rings. The molecule has 0 spiro atoms. The minimum absolute atomic E-state index is 0.0137. The van der Waals surface area contributed by atoms with E-state index in [4.69, 9.17) is 27.9 Å². The quantitative estimate of drug-likeness (QED) is 0.0767. The van der Waals surface area contributed by atoms with Crippen LogP contribution in [0.15, 0.2) is 0 Å². The van der Waals surface area contributed by atoms with E-state index in [-0.39, 0.29) is 36.3 Å². The van der Waals surface area contributed by atoms with E-state index in [1.807, 2.05) is 0 Å². The maximum atomic E-state index is 11.4. The van der Waals surface area contributed by atoms with Crippen LogP contribution in [0.25, 0.3) is 0 Å². The Morgan fingerprint density at radius 1 is 0.744 bits per heavy atom. The van der Waals surface area contributed by atoms with Crippen LogP contribution < -0.4 is 0 Å². The van der Waals surface area contributed by atoms with Crippen molar-refractivity contribution >= 4 is 48.1 Å². The average molecular weight is 701 g/mol. The molecule has 2 rings (SSSR count). The zero-order chi connectivity index (χ0) is 28.8. The molecule has 0 radical (unpaired) electrons. The first-order valence-corrected chi connectivity index (χ1v) is 27.0. The summed E-state index contributed by atoms with van der Waals surface area (Å²) in [7, 11) is 2.43. The second-order valence-electron chi connectivity index (χ2n) is 10.0. The van der Waals surface area contributed by atoms with Gasteiger partial charge in [0.05, 0.1) is 0 Å². The number of hydrogen-bond donors (Lipinski definition) is 0. The molecule has 39 heavy (non-hydrogen) atoms. The summed E-state index contributed by atoms with van der Waals surface area (Å²) in [5.74, 6) is 1.65. The number of rotatable bonds is 20. The Labute approximate surface area is 242 Å². The van der Waals surface area contributed by atoms with Crippen molar-refractivity contribution < 1.29 is 37.8 Å². The van der Waals surface area contributed by atoms with Gasteiger partial charge in [0.15, 0.2) is 0 Å². The molecule has 2 aliphatic heterocycles. The summed E-state index contributed by atoms with van der Waals surface area (Å²) in [4.78, 5) is 22.1. The van der Waals surface area contributed by atoms with E-state index in [2.05, 4.69) is 31.7 Å². The van der Waals surface area contributed by atoms with Gasteiger partial charge in [-0.25, -0.2) is 0 Å². The average Bonchev–Trinajstić information content (AvgIpc) is 2.95. The minimum atomic E-state index is -2.67. The summed E-state index contributed by atoms with van der Waals surface area (Å²) in [5.41, 5.74) is -2.39. The van der Waals surface area contributed by atoms with Crippen molar-refractivity contribution in [2.45, 2.75) is 86.2 Å². The Morgan fingerprint density at radius 3 is 1.38 bits per heavy atom. The summed E-state index contributed by atoms with van der Waals surface area (Å²) < 4.78 is 36.2. The van der Waals surface area contributed by atoms with Gasteiger partial charge in [-0.2, -0.15) is 0 Å². The predicted octanol–water partition coefficient (Wildman–Crippen LogP) is 4.44. The van der Waals surface area contributed by atoms with E-state index in [1.165, 1.54) is 21.7 Å². The number of nitrogens with zero attached hydrogens (tertiary/aromatic N) is 2. The Bertz CT molecular complexity index is 688. The molecule has 0 unspecified atom stereocenters. The second-order valence-corrected chi connectivity index (χ2v) is 36.7. The number of unbranched alkanes of at least 4 members (excludes halogenated alkanes) is 2. The van der Waals surface area contributed by atoms with Gasteiger partial charge in [-0.15, -0.1) is 0 Å². The van der Waals surface area contributed by atoms with Crippen molar-refractivity contribution in [1.82, 2.24) is 0 Å². The molecule has 2 saturated heterocycles. The third-order valence-electron chi connectivity index (χ3n) is 7.27. The number of hydrogen-bond acceptors (Lipinski definition) is 12. The normalized spacial score (nSPS) is 19.3. The SMILES string of the molecule is CCC[CH2][Sn]([CH2]CCC)([S]CCOB1OCC(CC)([N+](=O)[O-])CO1)[S]CCOB1OCC(CC)([N+](=O)[O-])CO1. The molecule has 0 bridgehead atoms. The molecule has 12 nitrogen and oxygen atoms in total. The molecule has 0 aromatic carbocycles. The van der Waals surface area contributed by atoms with Crippen LogP contribution in [-0.2, 0) is 27.9 Å². The van der Waals surface area contributed by atoms with E-state index in [9.17, 15) is 20.2 Å². The fraction of sp³-hybridized carbons (Fsp3) is 1.00. The van der Waals surface area contributed by atoms with Gasteiger partial charge in [-0.1, -0.05) is 0 Å². The van der Waals surface area contributed by atoms with Crippen molar-refractivity contribution in [2.75, 3.05) is 51.1 Å². The first kappa shape index (κ1) is 35.4. The summed E-state index contributed by atoms with van der Waals surface area (Å²) in [6.45, 7) is 8.82. The first-order chi connectivity index (χ1) is 18.7.